The minimum absolute atomic E-state index is 0.0792. The predicted octanol–water partition coefficient (Wildman–Crippen LogP) is 20.4. The number of imidazole rings is 2. The molecule has 0 spiro atoms. The van der Waals surface area contributed by atoms with Crippen LogP contribution in [0.25, 0.3) is 147 Å². The molecule has 0 radical (unpaired) electrons. The van der Waals surface area contributed by atoms with Crippen LogP contribution in [0.2, 0.25) is 0 Å². The largest absolute Gasteiger partial charge is 0.292 e. The number of fused-ring (bicyclic) bond motifs is 2. The highest BCUT2D eigenvalue weighted by atomic mass is 15.1. The van der Waals surface area contributed by atoms with Crippen molar-refractivity contribution in [1.29, 1.82) is 0 Å². The fourth-order valence-electron chi connectivity index (χ4n) is 14.6. The van der Waals surface area contributed by atoms with Gasteiger partial charge in [-0.2, -0.15) is 0 Å². The first-order valence-corrected chi connectivity index (χ1v) is 33.0. The molecule has 0 aliphatic heterocycles. The Balaban J connectivity index is 0.629. The van der Waals surface area contributed by atoms with Crippen LogP contribution in [0.4, 0.5) is 0 Å². The van der Waals surface area contributed by atoms with Gasteiger partial charge in [-0.15, -0.1) is 0 Å². The van der Waals surface area contributed by atoms with Crippen LogP contribution < -0.4 is 0 Å². The van der Waals surface area contributed by atoms with Crippen molar-refractivity contribution in [3.05, 3.63) is 361 Å². The van der Waals surface area contributed by atoms with Gasteiger partial charge in [-0.1, -0.05) is 267 Å². The van der Waals surface area contributed by atoms with Gasteiger partial charge in [-0.05, 0) is 116 Å². The highest BCUT2D eigenvalue weighted by Crippen LogP contribution is 2.57. The molecule has 0 saturated carbocycles. The summed E-state index contributed by atoms with van der Waals surface area (Å²) in [4.78, 5) is 41.2. The molecule has 2 unspecified atom stereocenters. The average Bonchev–Trinajstić information content (AvgIpc) is 0.768. The Morgan fingerprint density at radius 1 is 0.184 bits per heavy atom. The molecule has 458 valence electrons. The second-order valence-corrected chi connectivity index (χ2v) is 25.0. The van der Waals surface area contributed by atoms with Crippen molar-refractivity contribution in [2.24, 2.45) is 0 Å². The van der Waals surface area contributed by atoms with Crippen molar-refractivity contribution in [3.8, 4) is 125 Å². The number of rotatable bonds is 12. The summed E-state index contributed by atoms with van der Waals surface area (Å²) >= 11 is 0. The Morgan fingerprint density at radius 2 is 0.469 bits per heavy atom. The minimum Gasteiger partial charge on any atom is -0.292 e. The third-order valence-corrected chi connectivity index (χ3v) is 19.2. The average molecular weight is 1250 g/mol. The molecule has 2 atom stereocenters. The van der Waals surface area contributed by atoms with Crippen molar-refractivity contribution in [1.82, 2.24) is 49.0 Å². The van der Waals surface area contributed by atoms with E-state index in [2.05, 4.69) is 252 Å². The van der Waals surface area contributed by atoms with Crippen molar-refractivity contribution in [2.45, 2.75) is 11.8 Å². The number of aromatic nitrogens is 10. The molecule has 0 amide bonds. The fraction of sp³-hybridized carbons (Fsp3) is 0.0227. The zero-order chi connectivity index (χ0) is 64.6. The van der Waals surface area contributed by atoms with Gasteiger partial charge in [0.25, 0.3) is 0 Å². The first-order valence-electron chi connectivity index (χ1n) is 33.0. The van der Waals surface area contributed by atoms with Gasteiger partial charge in [0.15, 0.2) is 34.9 Å². The maximum Gasteiger partial charge on any atom is 0.164 e. The number of hydrogen-bond acceptors (Lipinski definition) is 8. The van der Waals surface area contributed by atoms with Crippen molar-refractivity contribution in [2.75, 3.05) is 0 Å². The van der Waals surface area contributed by atoms with E-state index < -0.39 is 0 Å². The van der Waals surface area contributed by atoms with E-state index in [9.17, 15) is 0 Å². The molecule has 20 rings (SSSR count). The molecule has 13 aromatic carbocycles. The summed E-state index contributed by atoms with van der Waals surface area (Å²) in [5.74, 6) is 5.47. The van der Waals surface area contributed by atoms with Gasteiger partial charge in [-0.3, -0.25) is 9.13 Å². The van der Waals surface area contributed by atoms with E-state index in [1.807, 2.05) is 84.9 Å². The molecule has 10 heteroatoms. The third kappa shape index (κ3) is 9.80. The summed E-state index contributed by atoms with van der Waals surface area (Å²) in [7, 11) is 0. The van der Waals surface area contributed by atoms with Gasteiger partial charge in [0.2, 0.25) is 0 Å². The first-order chi connectivity index (χ1) is 48.5. The Kier molecular flexibility index (Phi) is 13.4. The van der Waals surface area contributed by atoms with Crippen LogP contribution in [-0.2, 0) is 0 Å². The highest BCUT2D eigenvalue weighted by Gasteiger charge is 2.41. The Bertz CT molecular complexity index is 5560. The van der Waals surface area contributed by atoms with Crippen LogP contribution in [0.1, 0.15) is 45.2 Å². The molecule has 2 bridgehead atoms. The van der Waals surface area contributed by atoms with Crippen LogP contribution in [0.5, 0.6) is 0 Å². The van der Waals surface area contributed by atoms with E-state index >= 15 is 0 Å². The molecule has 0 fully saturated rings. The van der Waals surface area contributed by atoms with Crippen LogP contribution in [0.3, 0.4) is 0 Å². The molecular formula is C88H56N10. The Morgan fingerprint density at radius 3 is 0.857 bits per heavy atom. The molecule has 10 nitrogen and oxygen atoms in total. The van der Waals surface area contributed by atoms with Crippen molar-refractivity contribution < 1.29 is 0 Å². The second kappa shape index (κ2) is 23.4. The molecule has 0 N–H and O–H groups in total. The summed E-state index contributed by atoms with van der Waals surface area (Å²) in [5.41, 5.74) is 25.9. The number of benzene rings is 13. The second-order valence-electron chi connectivity index (χ2n) is 25.0. The first kappa shape index (κ1) is 56.4. The fourth-order valence-corrected chi connectivity index (χ4v) is 14.6. The number of hydrogen-bond donors (Lipinski definition) is 0. The minimum atomic E-state index is 0.0792. The normalized spacial score (nSPS) is 13.5. The summed E-state index contributed by atoms with van der Waals surface area (Å²) in [6, 6.07) is 115. The monoisotopic (exact) mass is 1250 g/mol. The summed E-state index contributed by atoms with van der Waals surface area (Å²) in [6.07, 6.45) is 0. The van der Waals surface area contributed by atoms with Gasteiger partial charge in [0.1, 0.15) is 11.6 Å². The molecule has 98 heavy (non-hydrogen) atoms. The van der Waals surface area contributed by atoms with E-state index in [1.165, 1.54) is 33.4 Å². The van der Waals surface area contributed by atoms with Crippen LogP contribution in [0.15, 0.2) is 328 Å². The van der Waals surface area contributed by atoms with E-state index in [-0.39, 0.29) is 11.8 Å². The van der Waals surface area contributed by atoms with Gasteiger partial charge < -0.3 is 0 Å². The summed E-state index contributed by atoms with van der Waals surface area (Å²) in [6.45, 7) is 0. The summed E-state index contributed by atoms with van der Waals surface area (Å²) < 4.78 is 4.44. The molecule has 17 aromatic rings. The summed E-state index contributed by atoms with van der Waals surface area (Å²) in [5, 5.41) is 0. The number of nitrogens with zero attached hydrogens (tertiary/aromatic N) is 10. The zero-order valence-electron chi connectivity index (χ0n) is 52.8. The van der Waals surface area contributed by atoms with Crippen LogP contribution >= 0.6 is 0 Å². The quantitative estimate of drug-likeness (QED) is 0.119. The zero-order valence-corrected chi connectivity index (χ0v) is 52.8. The van der Waals surface area contributed by atoms with Crippen LogP contribution in [-0.4, -0.2) is 49.0 Å². The van der Waals surface area contributed by atoms with E-state index in [0.717, 1.165) is 112 Å². The maximum absolute atomic E-state index is 5.23. The maximum atomic E-state index is 5.23. The van der Waals surface area contributed by atoms with Gasteiger partial charge in [0, 0.05) is 67.7 Å². The molecule has 4 heterocycles. The topological polar surface area (TPSA) is 113 Å². The molecule has 4 aromatic heterocycles. The Hall–Kier alpha value is -13.2. The van der Waals surface area contributed by atoms with Crippen molar-refractivity contribution in [3.63, 3.8) is 0 Å². The SMILES string of the molecule is c1ccc(-c2nc(-c3ccc(-c4ccc5c(c4)C4c6ccccc6C5c5cc(-c6ccc(-c7nc(-c8ccccc8)nc(-c8cccc(-n9c(-c%10ccccc%10)nc%10ccccc%109)c8)n7)cc6)ccc54)cc3)nc(-c3cccc(-n4c(-c5ccccc5)nc5ccccc54)c3)n2)cc1. The Labute approximate surface area is 565 Å². The molecule has 0 saturated heterocycles. The lowest BCUT2D eigenvalue weighted by Crippen LogP contribution is -2.27. The smallest absolute Gasteiger partial charge is 0.164 e. The van der Waals surface area contributed by atoms with E-state index in [4.69, 9.17) is 39.9 Å². The van der Waals surface area contributed by atoms with Gasteiger partial charge in [-0.25, -0.2) is 39.9 Å². The number of para-hydroxylation sites is 4. The lowest BCUT2D eigenvalue weighted by atomic mass is 9.60. The standard InChI is InChI=1S/C88H56N10/c1-5-21-57(22-6-1)81-91-83(95-85(93-81)65-29-19-31-67(51-65)97-77-37-17-15-35-75(77)89-87(97)61-25-9-3-10-26-61)59-43-39-55(40-44-59)63-47-49-71-73(53-63)79-69-33-13-14-34-70(69)80(71)74-54-64(48-50-72(74)79)56-41-45-60(46-42-56)84-92-82(58-23-7-2-8-24-58)94-86(96-84)66-30-20-32-68(52-66)98-78-38-18-16-36-76(78)90-88(98)62-27-11-4-12-28-62/h1-54,79-80H. The lowest BCUT2D eigenvalue weighted by Gasteiger charge is -2.42. The molecule has 3 aliphatic carbocycles. The van der Waals surface area contributed by atoms with E-state index in [0.29, 0.717) is 34.9 Å². The lowest BCUT2D eigenvalue weighted by molar-refractivity contribution is 0.755. The predicted molar refractivity (Wildman–Crippen MR) is 392 cm³/mol. The third-order valence-electron chi connectivity index (χ3n) is 19.2. The molecular weight excluding hydrogens is 1200 g/mol. The van der Waals surface area contributed by atoms with Gasteiger partial charge >= 0.3 is 0 Å². The molecule has 3 aliphatic rings. The highest BCUT2D eigenvalue weighted by molar-refractivity contribution is 5.86. The van der Waals surface area contributed by atoms with Gasteiger partial charge in [0.05, 0.1) is 22.1 Å². The van der Waals surface area contributed by atoms with E-state index in [1.54, 1.807) is 0 Å². The van der Waals surface area contributed by atoms with Crippen LogP contribution in [0, 0.1) is 0 Å². The van der Waals surface area contributed by atoms with Crippen molar-refractivity contribution >= 4 is 22.1 Å².